The molecule has 2 aromatic carbocycles. The van der Waals surface area contributed by atoms with E-state index in [1.807, 2.05) is 31.2 Å². The maximum atomic E-state index is 12.3. The third kappa shape index (κ3) is 8.13. The molecule has 2 N–H and O–H groups in total. The highest BCUT2D eigenvalue weighted by Crippen LogP contribution is 2.31. The molecule has 1 amide bonds. The minimum absolute atomic E-state index is 0.107. The topological polar surface area (TPSA) is 94.1 Å². The Bertz CT molecular complexity index is 835. The lowest BCUT2D eigenvalue weighted by molar-refractivity contribution is -0.138. The fraction of sp³-hybridized carbons (Fsp3) is 0.440. The number of ether oxygens (including phenoxy) is 3. The van der Waals surface area contributed by atoms with Gasteiger partial charge in [0.1, 0.15) is 17.2 Å². The zero-order chi connectivity index (χ0) is 23.3. The van der Waals surface area contributed by atoms with E-state index >= 15 is 0 Å². The van der Waals surface area contributed by atoms with Gasteiger partial charge in [-0.2, -0.15) is 0 Å². The molecule has 1 fully saturated rings. The van der Waals surface area contributed by atoms with Crippen LogP contribution in [0.4, 0.5) is 0 Å². The molecular formula is C25H33NO6. The first kappa shape index (κ1) is 25.0. The molecule has 0 aromatic heterocycles. The molecule has 174 valence electrons. The van der Waals surface area contributed by atoms with Crippen LogP contribution in [0, 0.1) is 0 Å². The molecule has 3 rings (SSSR count). The van der Waals surface area contributed by atoms with E-state index in [-0.39, 0.29) is 18.7 Å². The quantitative estimate of drug-likeness (QED) is 0.551. The number of carboxylic acid groups (broad SMARTS) is 1. The van der Waals surface area contributed by atoms with Gasteiger partial charge in [0.05, 0.1) is 33.3 Å². The maximum Gasteiger partial charge on any atom is 0.303 e. The second-order valence-electron chi connectivity index (χ2n) is 7.46. The highest BCUT2D eigenvalue weighted by Gasteiger charge is 2.19. The average molecular weight is 444 g/mol. The Balaban J connectivity index is 0.000000813. The summed E-state index contributed by atoms with van der Waals surface area (Å²) in [4.78, 5) is 23.1. The molecule has 0 heterocycles. The summed E-state index contributed by atoms with van der Waals surface area (Å²) in [5.74, 6) is 0.527. The number of carbonyl (C=O) groups excluding carboxylic acids is 1. The first-order valence-corrected chi connectivity index (χ1v) is 10.9. The number of carbonyl (C=O) groups is 2. The van der Waals surface area contributed by atoms with Crippen molar-refractivity contribution in [2.45, 2.75) is 51.5 Å². The number of hydrogen-bond donors (Lipinski definition) is 2. The van der Waals surface area contributed by atoms with Crippen molar-refractivity contribution in [1.82, 2.24) is 5.32 Å². The van der Waals surface area contributed by atoms with Crippen LogP contribution in [0.1, 0.15) is 62.6 Å². The highest BCUT2D eigenvalue weighted by molar-refractivity contribution is 5.81. The average Bonchev–Trinajstić information content (AvgIpc) is 2.75. The predicted octanol–water partition coefficient (Wildman–Crippen LogP) is 4.73. The van der Waals surface area contributed by atoms with E-state index in [2.05, 4.69) is 5.32 Å². The van der Waals surface area contributed by atoms with E-state index in [9.17, 15) is 9.59 Å². The van der Waals surface area contributed by atoms with Gasteiger partial charge in [-0.05, 0) is 42.3 Å². The molecular weight excluding hydrogens is 410 g/mol. The molecule has 32 heavy (non-hydrogen) atoms. The number of nitrogens with one attached hydrogen (secondary N) is 1. The SMILES string of the molecule is C1CCC1.CCOc1ccc(C(NC(=O)CCC(=O)O)c2cc(OC)cc(OC)c2)cc1. The van der Waals surface area contributed by atoms with Crippen molar-refractivity contribution in [3.05, 3.63) is 53.6 Å². The predicted molar refractivity (Wildman–Crippen MR) is 122 cm³/mol. The van der Waals surface area contributed by atoms with Crippen molar-refractivity contribution in [3.63, 3.8) is 0 Å². The van der Waals surface area contributed by atoms with Crippen LogP contribution in [0.5, 0.6) is 17.2 Å². The van der Waals surface area contributed by atoms with E-state index < -0.39 is 12.0 Å². The van der Waals surface area contributed by atoms with E-state index in [1.165, 1.54) is 25.7 Å². The number of benzene rings is 2. The van der Waals surface area contributed by atoms with Crippen molar-refractivity contribution in [3.8, 4) is 17.2 Å². The summed E-state index contributed by atoms with van der Waals surface area (Å²) in [6.45, 7) is 2.46. The van der Waals surface area contributed by atoms with Crippen molar-refractivity contribution in [1.29, 1.82) is 0 Å². The maximum absolute atomic E-state index is 12.3. The minimum atomic E-state index is -1.02. The Morgan fingerprint density at radius 3 is 1.88 bits per heavy atom. The highest BCUT2D eigenvalue weighted by atomic mass is 16.5. The number of carboxylic acids is 1. The molecule has 0 spiro atoms. The zero-order valence-corrected chi connectivity index (χ0v) is 19.1. The Morgan fingerprint density at radius 2 is 1.44 bits per heavy atom. The molecule has 2 aromatic rings. The van der Waals surface area contributed by atoms with Crippen LogP contribution >= 0.6 is 0 Å². The summed E-state index contributed by atoms with van der Waals surface area (Å²) in [7, 11) is 3.10. The van der Waals surface area contributed by atoms with Crippen molar-refractivity contribution in [2.24, 2.45) is 0 Å². The summed E-state index contributed by atoms with van der Waals surface area (Å²) in [6, 6.07) is 12.2. The Kier molecular flexibility index (Phi) is 10.4. The van der Waals surface area contributed by atoms with Crippen LogP contribution in [0.25, 0.3) is 0 Å². The fourth-order valence-corrected chi connectivity index (χ4v) is 2.98. The van der Waals surface area contributed by atoms with Gasteiger partial charge in [0.2, 0.25) is 5.91 Å². The van der Waals surface area contributed by atoms with Gasteiger partial charge in [0.15, 0.2) is 0 Å². The van der Waals surface area contributed by atoms with E-state index in [0.717, 1.165) is 16.9 Å². The molecule has 1 aliphatic rings. The van der Waals surface area contributed by atoms with Crippen LogP contribution < -0.4 is 19.5 Å². The molecule has 0 saturated heterocycles. The number of methoxy groups -OCH3 is 2. The zero-order valence-electron chi connectivity index (χ0n) is 19.1. The van der Waals surface area contributed by atoms with Crippen LogP contribution in [0.15, 0.2) is 42.5 Å². The lowest BCUT2D eigenvalue weighted by Crippen LogP contribution is -2.29. The van der Waals surface area contributed by atoms with Crippen LogP contribution in [-0.4, -0.2) is 37.8 Å². The summed E-state index contributed by atoms with van der Waals surface area (Å²) < 4.78 is 16.1. The molecule has 0 radical (unpaired) electrons. The normalized spacial score (nSPS) is 13.0. The summed E-state index contributed by atoms with van der Waals surface area (Å²) in [5.41, 5.74) is 1.58. The van der Waals surface area contributed by atoms with Crippen molar-refractivity contribution < 1.29 is 28.9 Å². The molecule has 1 unspecified atom stereocenters. The Hall–Kier alpha value is -3.22. The second kappa shape index (κ2) is 13.2. The fourth-order valence-electron chi connectivity index (χ4n) is 2.98. The molecule has 0 aliphatic heterocycles. The largest absolute Gasteiger partial charge is 0.497 e. The lowest BCUT2D eigenvalue weighted by atomic mass is 9.97. The monoisotopic (exact) mass is 443 g/mol. The first-order chi connectivity index (χ1) is 15.5. The van der Waals surface area contributed by atoms with Gasteiger partial charge >= 0.3 is 5.97 Å². The van der Waals surface area contributed by atoms with E-state index in [4.69, 9.17) is 19.3 Å². The number of amides is 1. The molecule has 1 saturated carbocycles. The van der Waals surface area contributed by atoms with Gasteiger partial charge in [-0.1, -0.05) is 37.8 Å². The molecule has 7 heteroatoms. The molecule has 1 aliphatic carbocycles. The smallest absolute Gasteiger partial charge is 0.303 e. The number of aliphatic carboxylic acids is 1. The van der Waals surface area contributed by atoms with Gasteiger partial charge in [-0.15, -0.1) is 0 Å². The summed E-state index contributed by atoms with van der Waals surface area (Å²) in [6.07, 6.45) is 5.66. The first-order valence-electron chi connectivity index (χ1n) is 10.9. The van der Waals surface area contributed by atoms with Crippen LogP contribution in [0.2, 0.25) is 0 Å². The summed E-state index contributed by atoms with van der Waals surface area (Å²) in [5, 5.41) is 11.7. The molecule has 0 bridgehead atoms. The number of rotatable bonds is 10. The van der Waals surface area contributed by atoms with Crippen LogP contribution in [0.3, 0.4) is 0 Å². The van der Waals surface area contributed by atoms with Gasteiger partial charge in [0.25, 0.3) is 0 Å². The van der Waals surface area contributed by atoms with E-state index in [1.54, 1.807) is 32.4 Å². The van der Waals surface area contributed by atoms with Gasteiger partial charge in [-0.3, -0.25) is 9.59 Å². The summed E-state index contributed by atoms with van der Waals surface area (Å²) >= 11 is 0. The molecule has 1 atom stereocenters. The Labute approximate surface area is 189 Å². The van der Waals surface area contributed by atoms with Crippen LogP contribution in [-0.2, 0) is 9.59 Å². The van der Waals surface area contributed by atoms with Crippen molar-refractivity contribution in [2.75, 3.05) is 20.8 Å². The third-order valence-corrected chi connectivity index (χ3v) is 5.10. The van der Waals surface area contributed by atoms with Crippen molar-refractivity contribution >= 4 is 11.9 Å². The van der Waals surface area contributed by atoms with Gasteiger partial charge < -0.3 is 24.6 Å². The second-order valence-corrected chi connectivity index (χ2v) is 7.46. The Morgan fingerprint density at radius 1 is 0.875 bits per heavy atom. The number of hydrogen-bond acceptors (Lipinski definition) is 5. The standard InChI is InChI=1S/C21H25NO6.C4H8/c1-4-28-16-7-5-14(6-8-16)21(22-19(23)9-10-20(24)25)15-11-17(26-2)13-18(12-15)27-3;1-2-4-3-1/h5-8,11-13,21H,4,9-10H2,1-3H3,(H,22,23)(H,24,25);1-4H2. The molecule has 7 nitrogen and oxygen atoms in total. The van der Waals surface area contributed by atoms with E-state index in [0.29, 0.717) is 18.1 Å². The van der Waals surface area contributed by atoms with Gasteiger partial charge in [-0.25, -0.2) is 0 Å². The third-order valence-electron chi connectivity index (χ3n) is 5.10. The lowest BCUT2D eigenvalue weighted by Gasteiger charge is -2.21. The van der Waals surface area contributed by atoms with Gasteiger partial charge in [0, 0.05) is 12.5 Å². The minimum Gasteiger partial charge on any atom is -0.497 e.